The van der Waals surface area contributed by atoms with Crippen LogP contribution in [0.1, 0.15) is 16.7 Å². The van der Waals surface area contributed by atoms with E-state index in [1.165, 1.54) is 22.9 Å². The monoisotopic (exact) mass is 256 g/mol. The minimum Gasteiger partial charge on any atom is -0.384 e. The first-order valence-electron chi connectivity index (χ1n) is 6.63. The Kier molecular flexibility index (Phi) is 3.47. The van der Waals surface area contributed by atoms with Gasteiger partial charge in [0.15, 0.2) is 0 Å². The first-order valence-corrected chi connectivity index (χ1v) is 6.63. The van der Waals surface area contributed by atoms with E-state index in [1.807, 2.05) is 12.1 Å². The van der Waals surface area contributed by atoms with Gasteiger partial charge in [-0.3, -0.25) is 0 Å². The van der Waals surface area contributed by atoms with Gasteiger partial charge in [0.2, 0.25) is 0 Å². The van der Waals surface area contributed by atoms with Gasteiger partial charge in [-0.1, -0.05) is 36.4 Å². The molecule has 2 N–H and O–H groups in total. The summed E-state index contributed by atoms with van der Waals surface area (Å²) in [5.74, 6) is -0.147. The Morgan fingerprint density at radius 1 is 1.00 bits per heavy atom. The molecule has 0 radical (unpaired) electrons. The van der Waals surface area contributed by atoms with Crippen molar-refractivity contribution in [1.82, 2.24) is 5.32 Å². The maximum absolute atomic E-state index is 13.5. The van der Waals surface area contributed by atoms with Gasteiger partial charge < -0.3 is 10.6 Å². The zero-order valence-corrected chi connectivity index (χ0v) is 10.7. The molecule has 0 saturated carbocycles. The fourth-order valence-electron chi connectivity index (χ4n) is 2.53. The molecule has 19 heavy (non-hydrogen) atoms. The van der Waals surface area contributed by atoms with Gasteiger partial charge in [-0.05, 0) is 23.6 Å². The highest BCUT2D eigenvalue weighted by atomic mass is 19.1. The second kappa shape index (κ2) is 5.41. The molecule has 2 aromatic carbocycles. The Balaban J connectivity index is 1.65. The molecule has 3 heteroatoms. The first-order chi connectivity index (χ1) is 9.34. The van der Waals surface area contributed by atoms with E-state index in [1.54, 1.807) is 6.07 Å². The van der Waals surface area contributed by atoms with E-state index in [9.17, 15) is 4.39 Å². The van der Waals surface area contributed by atoms with Gasteiger partial charge in [-0.15, -0.1) is 0 Å². The van der Waals surface area contributed by atoms with Crippen molar-refractivity contribution >= 4 is 5.69 Å². The first kappa shape index (κ1) is 12.2. The van der Waals surface area contributed by atoms with Crippen molar-refractivity contribution in [2.75, 3.05) is 11.9 Å². The summed E-state index contributed by atoms with van der Waals surface area (Å²) in [7, 11) is 0. The van der Waals surface area contributed by atoms with E-state index in [4.69, 9.17) is 0 Å². The smallest absolute Gasteiger partial charge is 0.127 e. The van der Waals surface area contributed by atoms with Crippen LogP contribution in [0.2, 0.25) is 0 Å². The molecule has 0 unspecified atom stereocenters. The Hall–Kier alpha value is -1.87. The average Bonchev–Trinajstić information content (AvgIpc) is 2.90. The third-order valence-corrected chi connectivity index (χ3v) is 3.52. The van der Waals surface area contributed by atoms with Crippen molar-refractivity contribution in [3.8, 4) is 0 Å². The minimum absolute atomic E-state index is 0.147. The summed E-state index contributed by atoms with van der Waals surface area (Å²) < 4.78 is 13.5. The molecule has 1 aliphatic rings. The molecule has 98 valence electrons. The third kappa shape index (κ3) is 2.61. The summed E-state index contributed by atoms with van der Waals surface area (Å²) in [5.41, 5.74) is 4.60. The van der Waals surface area contributed by atoms with Gasteiger partial charge in [0.05, 0.1) is 0 Å². The molecule has 0 bridgehead atoms. The van der Waals surface area contributed by atoms with Crippen molar-refractivity contribution in [3.05, 3.63) is 65.0 Å². The molecule has 3 rings (SSSR count). The topological polar surface area (TPSA) is 24.1 Å². The molecule has 1 heterocycles. The van der Waals surface area contributed by atoms with Crippen LogP contribution >= 0.6 is 0 Å². The quantitative estimate of drug-likeness (QED) is 0.878. The van der Waals surface area contributed by atoms with Crippen molar-refractivity contribution in [1.29, 1.82) is 0 Å². The molecule has 0 fully saturated rings. The van der Waals surface area contributed by atoms with Crippen LogP contribution in [0.25, 0.3) is 0 Å². The van der Waals surface area contributed by atoms with E-state index in [0.717, 1.165) is 19.5 Å². The van der Waals surface area contributed by atoms with Gasteiger partial charge >= 0.3 is 0 Å². The molecule has 0 atom stereocenters. The van der Waals surface area contributed by atoms with E-state index in [-0.39, 0.29) is 5.82 Å². The highest BCUT2D eigenvalue weighted by Gasteiger charge is 2.13. The number of para-hydroxylation sites is 1. The molecule has 2 aromatic rings. The third-order valence-electron chi connectivity index (χ3n) is 3.52. The SMILES string of the molecule is Fc1ccccc1CNCc1cccc2c1NCC2. The van der Waals surface area contributed by atoms with E-state index >= 15 is 0 Å². The van der Waals surface area contributed by atoms with Crippen LogP contribution in [0.15, 0.2) is 42.5 Å². The standard InChI is InChI=1S/C16H17FN2/c17-15-7-2-1-4-13(15)10-18-11-14-6-3-5-12-8-9-19-16(12)14/h1-7,18-19H,8-11H2. The van der Waals surface area contributed by atoms with E-state index in [0.29, 0.717) is 12.1 Å². The number of rotatable bonds is 4. The van der Waals surface area contributed by atoms with Crippen LogP contribution < -0.4 is 10.6 Å². The Morgan fingerprint density at radius 2 is 1.79 bits per heavy atom. The molecule has 0 aliphatic carbocycles. The zero-order chi connectivity index (χ0) is 13.1. The molecular weight excluding hydrogens is 239 g/mol. The van der Waals surface area contributed by atoms with Gasteiger partial charge in [0.25, 0.3) is 0 Å². The molecule has 0 amide bonds. The molecule has 0 spiro atoms. The average molecular weight is 256 g/mol. The lowest BCUT2D eigenvalue weighted by Gasteiger charge is -2.10. The summed E-state index contributed by atoms with van der Waals surface area (Å²) in [5, 5.41) is 6.72. The lowest BCUT2D eigenvalue weighted by molar-refractivity contribution is 0.588. The highest BCUT2D eigenvalue weighted by Crippen LogP contribution is 2.26. The number of benzene rings is 2. The number of halogens is 1. The zero-order valence-electron chi connectivity index (χ0n) is 10.7. The van der Waals surface area contributed by atoms with Crippen LogP contribution in [-0.4, -0.2) is 6.54 Å². The Labute approximate surface area is 112 Å². The summed E-state index contributed by atoms with van der Waals surface area (Å²) in [6.45, 7) is 2.32. The summed E-state index contributed by atoms with van der Waals surface area (Å²) in [6, 6.07) is 13.3. The maximum Gasteiger partial charge on any atom is 0.127 e. The van der Waals surface area contributed by atoms with Gasteiger partial charge in [0, 0.05) is 30.9 Å². The van der Waals surface area contributed by atoms with Crippen LogP contribution in [0, 0.1) is 5.82 Å². The summed E-state index contributed by atoms with van der Waals surface area (Å²) in [4.78, 5) is 0. The second-order valence-corrected chi connectivity index (χ2v) is 4.82. The second-order valence-electron chi connectivity index (χ2n) is 4.82. The maximum atomic E-state index is 13.5. The molecular formula is C16H17FN2. The fraction of sp³-hybridized carbons (Fsp3) is 0.250. The Morgan fingerprint density at radius 3 is 2.68 bits per heavy atom. The van der Waals surface area contributed by atoms with Crippen LogP contribution in [-0.2, 0) is 19.5 Å². The van der Waals surface area contributed by atoms with Gasteiger partial charge in [-0.25, -0.2) is 4.39 Å². The molecule has 2 nitrogen and oxygen atoms in total. The van der Waals surface area contributed by atoms with Crippen LogP contribution in [0.5, 0.6) is 0 Å². The fourth-order valence-corrected chi connectivity index (χ4v) is 2.53. The van der Waals surface area contributed by atoms with Crippen LogP contribution in [0.4, 0.5) is 10.1 Å². The molecule has 1 aliphatic heterocycles. The van der Waals surface area contributed by atoms with Crippen molar-refractivity contribution < 1.29 is 4.39 Å². The summed E-state index contributed by atoms with van der Waals surface area (Å²) >= 11 is 0. The lowest BCUT2D eigenvalue weighted by Crippen LogP contribution is -2.14. The van der Waals surface area contributed by atoms with Gasteiger partial charge in [0.1, 0.15) is 5.82 Å². The van der Waals surface area contributed by atoms with E-state index in [2.05, 4.69) is 28.8 Å². The minimum atomic E-state index is -0.147. The number of anilines is 1. The Bertz CT molecular complexity index is 581. The van der Waals surface area contributed by atoms with Gasteiger partial charge in [-0.2, -0.15) is 0 Å². The predicted octanol–water partition coefficient (Wildman–Crippen LogP) is 3.08. The molecule has 0 aromatic heterocycles. The normalized spacial score (nSPS) is 13.1. The lowest BCUT2D eigenvalue weighted by atomic mass is 10.1. The number of nitrogens with one attached hydrogen (secondary N) is 2. The van der Waals surface area contributed by atoms with E-state index < -0.39 is 0 Å². The number of hydrogen-bond acceptors (Lipinski definition) is 2. The molecule has 0 saturated heterocycles. The largest absolute Gasteiger partial charge is 0.384 e. The highest BCUT2D eigenvalue weighted by molar-refractivity contribution is 5.61. The summed E-state index contributed by atoms with van der Waals surface area (Å²) in [6.07, 6.45) is 1.09. The predicted molar refractivity (Wildman–Crippen MR) is 75.6 cm³/mol. The number of fused-ring (bicyclic) bond motifs is 1. The van der Waals surface area contributed by atoms with Crippen molar-refractivity contribution in [2.24, 2.45) is 0 Å². The number of hydrogen-bond donors (Lipinski definition) is 2. The van der Waals surface area contributed by atoms with Crippen LogP contribution in [0.3, 0.4) is 0 Å². The van der Waals surface area contributed by atoms with Crippen molar-refractivity contribution in [2.45, 2.75) is 19.5 Å². The van der Waals surface area contributed by atoms with Crippen molar-refractivity contribution in [3.63, 3.8) is 0 Å².